The van der Waals surface area contributed by atoms with Crippen molar-refractivity contribution in [1.29, 1.82) is 0 Å². The molecule has 3 atom stereocenters. The number of fused-ring (bicyclic) bond motifs is 3. The molecule has 7 rings (SSSR count). The van der Waals surface area contributed by atoms with Crippen LogP contribution in [0.5, 0.6) is 0 Å². The molecule has 0 bridgehead atoms. The van der Waals surface area contributed by atoms with E-state index < -0.39 is 0 Å². The summed E-state index contributed by atoms with van der Waals surface area (Å²) in [4.78, 5) is 0. The molecule has 0 nitrogen and oxygen atoms in total. The molecule has 227 valence electrons. The van der Waals surface area contributed by atoms with Gasteiger partial charge in [0.2, 0.25) is 0 Å². The van der Waals surface area contributed by atoms with Crippen molar-refractivity contribution in [3.8, 4) is 0 Å². The minimum absolute atomic E-state index is 0. The molecule has 3 unspecified atom stereocenters. The Hall–Kier alpha value is -2.57. The van der Waals surface area contributed by atoms with E-state index >= 15 is 0 Å². The summed E-state index contributed by atoms with van der Waals surface area (Å²) in [6, 6.07) is 34.3. The van der Waals surface area contributed by atoms with Crippen molar-refractivity contribution in [2.75, 3.05) is 0 Å². The number of benzene rings is 4. The number of halogens is 2. The van der Waals surface area contributed by atoms with Gasteiger partial charge >= 0.3 is 26.2 Å². The normalized spacial score (nSPS) is 23.0. The van der Waals surface area contributed by atoms with Gasteiger partial charge in [0.25, 0.3) is 0 Å². The van der Waals surface area contributed by atoms with Gasteiger partial charge in [-0.3, -0.25) is 0 Å². The van der Waals surface area contributed by atoms with Gasteiger partial charge in [0.05, 0.1) is 0 Å². The van der Waals surface area contributed by atoms with Crippen molar-refractivity contribution in [3.05, 3.63) is 161 Å². The van der Waals surface area contributed by atoms with E-state index in [0.29, 0.717) is 5.92 Å². The van der Waals surface area contributed by atoms with Gasteiger partial charge in [-0.2, -0.15) is 18.1 Å². The summed E-state index contributed by atoms with van der Waals surface area (Å²) >= 11 is 0. The SMILES string of the molecule is CC(C)C1(C)C=C2C(=CC=CC2(c2cccc3ccccc23)C2C(c3ccc(C(C)(C)C)cc3)=Cc3ccccc32)[CH-]1.[Cl-].[Cl-].[Zr+3]. The van der Waals surface area contributed by atoms with E-state index in [0.717, 1.165) is 0 Å². The molecule has 0 N–H and O–H groups in total. The summed E-state index contributed by atoms with van der Waals surface area (Å²) in [5.41, 5.74) is 10.8. The Morgan fingerprint density at radius 3 is 2.18 bits per heavy atom. The predicted octanol–water partition coefficient (Wildman–Crippen LogP) is 5.02. The standard InChI is InChI=1S/C42H41.2ClH.Zr/c1-28(2)41(6)26-32-16-12-24-42(38(32)27-41,37-19-11-15-29-13-7-9-17-34(29)37)39-35-18-10-8-14-31(35)25-36(39)30-20-22-33(23-21-30)40(3,4)5;;;/h7-28,39H,1-6H3;2*1H;/q-1;;;+3/p-2. The fraction of sp³-hybridized carbons (Fsp3) is 0.262. The van der Waals surface area contributed by atoms with E-state index in [1.165, 1.54) is 55.3 Å². The van der Waals surface area contributed by atoms with Gasteiger partial charge < -0.3 is 24.8 Å². The maximum atomic E-state index is 2.61. The van der Waals surface area contributed by atoms with Gasteiger partial charge in [-0.05, 0) is 60.9 Å². The Balaban J connectivity index is 0.00000154. The molecule has 0 saturated carbocycles. The van der Waals surface area contributed by atoms with Crippen LogP contribution in [0, 0.1) is 17.8 Å². The molecule has 3 heteroatoms. The maximum absolute atomic E-state index is 2.61. The molecule has 0 heterocycles. The zero-order valence-electron chi connectivity index (χ0n) is 27.0. The molecule has 0 aromatic heterocycles. The molecule has 4 aromatic carbocycles. The van der Waals surface area contributed by atoms with Crippen LogP contribution in [0.25, 0.3) is 22.4 Å². The van der Waals surface area contributed by atoms with Gasteiger partial charge in [0.15, 0.2) is 0 Å². The predicted molar refractivity (Wildman–Crippen MR) is 180 cm³/mol. The molecule has 1 radical (unpaired) electrons. The Morgan fingerprint density at radius 2 is 1.47 bits per heavy atom. The third-order valence-electron chi connectivity index (χ3n) is 10.3. The molecule has 0 amide bonds. The number of hydrogen-bond donors (Lipinski definition) is 0. The quantitative estimate of drug-likeness (QED) is 0.262. The van der Waals surface area contributed by atoms with Crippen LogP contribution in [0.2, 0.25) is 0 Å². The Morgan fingerprint density at radius 1 is 0.800 bits per heavy atom. The van der Waals surface area contributed by atoms with Gasteiger partial charge in [0, 0.05) is 11.3 Å². The number of allylic oxidation sites excluding steroid dienone is 7. The van der Waals surface area contributed by atoms with Gasteiger partial charge in [-0.15, -0.1) is 17.7 Å². The molecule has 0 aliphatic heterocycles. The van der Waals surface area contributed by atoms with Crippen molar-refractivity contribution in [2.45, 2.75) is 58.3 Å². The summed E-state index contributed by atoms with van der Waals surface area (Å²) < 4.78 is 0. The minimum atomic E-state index is -0.366. The van der Waals surface area contributed by atoms with Crippen LogP contribution in [0.3, 0.4) is 0 Å². The fourth-order valence-corrected chi connectivity index (χ4v) is 7.53. The molecule has 3 aliphatic rings. The van der Waals surface area contributed by atoms with Gasteiger partial charge in [0.1, 0.15) is 0 Å². The summed E-state index contributed by atoms with van der Waals surface area (Å²) in [5.74, 6) is 0.631. The number of rotatable bonds is 4. The molecule has 0 fully saturated rings. The molecule has 3 aliphatic carbocycles. The van der Waals surface area contributed by atoms with Crippen LogP contribution in [0.15, 0.2) is 126 Å². The van der Waals surface area contributed by atoms with Gasteiger partial charge in [-0.25, -0.2) is 0 Å². The van der Waals surface area contributed by atoms with Crippen LogP contribution in [-0.4, -0.2) is 0 Å². The Labute approximate surface area is 301 Å². The van der Waals surface area contributed by atoms with Crippen LogP contribution in [0.1, 0.15) is 75.3 Å². The molecule has 45 heavy (non-hydrogen) atoms. The second kappa shape index (κ2) is 12.9. The Kier molecular flexibility index (Phi) is 10.1. The van der Waals surface area contributed by atoms with Crippen LogP contribution >= 0.6 is 0 Å². The Bertz CT molecular complexity index is 1830. The molecular formula is C42H41Cl2Zr. The van der Waals surface area contributed by atoms with Crippen LogP contribution < -0.4 is 24.8 Å². The first-order chi connectivity index (χ1) is 20.1. The third-order valence-corrected chi connectivity index (χ3v) is 10.3. The van der Waals surface area contributed by atoms with E-state index in [9.17, 15) is 0 Å². The van der Waals surface area contributed by atoms with Crippen molar-refractivity contribution >= 4 is 22.4 Å². The van der Waals surface area contributed by atoms with Gasteiger partial charge in [-0.1, -0.05) is 145 Å². The van der Waals surface area contributed by atoms with Crippen molar-refractivity contribution in [2.24, 2.45) is 11.3 Å². The smallest absolute Gasteiger partial charge is 1.00 e. The molecule has 0 spiro atoms. The van der Waals surface area contributed by atoms with Crippen LogP contribution in [-0.2, 0) is 37.0 Å². The second-order valence-corrected chi connectivity index (χ2v) is 14.1. The zero-order chi connectivity index (χ0) is 29.3. The van der Waals surface area contributed by atoms with E-state index in [1.54, 1.807) is 0 Å². The topological polar surface area (TPSA) is 0 Å². The largest absolute Gasteiger partial charge is 3.00 e. The zero-order valence-corrected chi connectivity index (χ0v) is 31.0. The molecule has 0 saturated heterocycles. The molecular weight excluding hydrogens is 667 g/mol. The first kappa shape index (κ1) is 35.3. The van der Waals surface area contributed by atoms with Crippen molar-refractivity contribution in [1.82, 2.24) is 0 Å². The van der Waals surface area contributed by atoms with Crippen LogP contribution in [0.4, 0.5) is 0 Å². The van der Waals surface area contributed by atoms with Crippen molar-refractivity contribution in [3.63, 3.8) is 0 Å². The average molecular weight is 708 g/mol. The minimum Gasteiger partial charge on any atom is -1.00 e. The number of hydrogen-bond acceptors (Lipinski definition) is 0. The van der Waals surface area contributed by atoms with E-state index in [4.69, 9.17) is 0 Å². The summed E-state index contributed by atoms with van der Waals surface area (Å²) in [7, 11) is 0. The fourth-order valence-electron chi connectivity index (χ4n) is 7.53. The first-order valence-electron chi connectivity index (χ1n) is 15.5. The second-order valence-electron chi connectivity index (χ2n) is 14.1. The average Bonchev–Trinajstić information content (AvgIpc) is 3.55. The maximum Gasteiger partial charge on any atom is 3.00 e. The third kappa shape index (κ3) is 5.69. The monoisotopic (exact) mass is 705 g/mol. The summed E-state index contributed by atoms with van der Waals surface area (Å²) in [5, 5.41) is 2.62. The molecule has 4 aromatic rings. The van der Waals surface area contributed by atoms with E-state index in [2.05, 4.69) is 169 Å². The van der Waals surface area contributed by atoms with E-state index in [1.807, 2.05) is 0 Å². The summed E-state index contributed by atoms with van der Waals surface area (Å²) in [6.45, 7) is 14.0. The van der Waals surface area contributed by atoms with E-state index in [-0.39, 0.29) is 73.2 Å². The summed E-state index contributed by atoms with van der Waals surface area (Å²) in [6.07, 6.45) is 14.8. The first-order valence-corrected chi connectivity index (χ1v) is 15.5. The van der Waals surface area contributed by atoms with Crippen molar-refractivity contribution < 1.29 is 51.0 Å².